The molecule has 142 valence electrons. The number of carbonyl (C=O) groups excluding carboxylic acids is 1. The van der Waals surface area contributed by atoms with Gasteiger partial charge < -0.3 is 19.9 Å². The number of fused-ring (bicyclic) bond motifs is 1. The van der Waals surface area contributed by atoms with Crippen LogP contribution < -0.4 is 5.32 Å². The summed E-state index contributed by atoms with van der Waals surface area (Å²) >= 11 is 5.88. The summed E-state index contributed by atoms with van der Waals surface area (Å²) in [5, 5.41) is 2.99. The number of aromatic nitrogens is 1. The fourth-order valence-corrected chi connectivity index (χ4v) is 3.69. The summed E-state index contributed by atoms with van der Waals surface area (Å²) < 4.78 is 5.06. The van der Waals surface area contributed by atoms with Crippen molar-refractivity contribution in [3.05, 3.63) is 40.4 Å². The van der Waals surface area contributed by atoms with Crippen molar-refractivity contribution in [3.8, 4) is 0 Å². The molecule has 0 unspecified atom stereocenters. The number of hydrogen-bond acceptors (Lipinski definition) is 6. The molecule has 1 saturated heterocycles. The van der Waals surface area contributed by atoms with Crippen molar-refractivity contribution in [2.75, 3.05) is 46.5 Å². The van der Waals surface area contributed by atoms with Crippen molar-refractivity contribution >= 4 is 17.7 Å². The van der Waals surface area contributed by atoms with E-state index in [4.69, 9.17) is 16.3 Å². The minimum absolute atomic E-state index is 0.367. The number of alkyl carbamates (subject to hydrolysis) is 1. The molecule has 8 heteroatoms. The van der Waals surface area contributed by atoms with E-state index in [1.54, 1.807) is 7.05 Å². The number of nitrogens with one attached hydrogen (secondary N) is 1. The van der Waals surface area contributed by atoms with Gasteiger partial charge in [0.25, 0.3) is 0 Å². The molecular weight excluding hydrogens is 354 g/mol. The van der Waals surface area contributed by atoms with E-state index < -0.39 is 0 Å². The lowest BCUT2D eigenvalue weighted by atomic mass is 10.2. The minimum atomic E-state index is -0.367. The lowest BCUT2D eigenvalue weighted by Crippen LogP contribution is -2.43. The van der Waals surface area contributed by atoms with Crippen LogP contribution in [0, 0.1) is 0 Å². The molecule has 0 aromatic carbocycles. The SMILES string of the molecule is CNC(=O)OCCCN1CC(C)=C2N(Cc3ccc(Cl)nc3)CCN2C1. The Bertz CT molecular complexity index is 664. The number of amides is 1. The second kappa shape index (κ2) is 8.60. The molecule has 0 bridgehead atoms. The van der Waals surface area contributed by atoms with Crippen molar-refractivity contribution < 1.29 is 9.53 Å². The van der Waals surface area contributed by atoms with E-state index in [0.717, 1.165) is 45.8 Å². The monoisotopic (exact) mass is 379 g/mol. The largest absolute Gasteiger partial charge is 0.450 e. The summed E-state index contributed by atoms with van der Waals surface area (Å²) in [6.07, 6.45) is 2.32. The average molecular weight is 380 g/mol. The Morgan fingerprint density at radius 3 is 2.96 bits per heavy atom. The molecule has 1 N–H and O–H groups in total. The summed E-state index contributed by atoms with van der Waals surface area (Å²) in [6, 6.07) is 3.88. The maximum atomic E-state index is 11.1. The third-order valence-corrected chi connectivity index (χ3v) is 4.89. The molecule has 1 fully saturated rings. The van der Waals surface area contributed by atoms with Crippen LogP contribution >= 0.6 is 11.6 Å². The molecular formula is C18H26ClN5O2. The average Bonchev–Trinajstić information content (AvgIpc) is 3.03. The highest BCUT2D eigenvalue weighted by atomic mass is 35.5. The highest BCUT2D eigenvalue weighted by molar-refractivity contribution is 6.29. The molecule has 0 radical (unpaired) electrons. The van der Waals surface area contributed by atoms with Crippen molar-refractivity contribution in [1.82, 2.24) is 25.0 Å². The molecule has 0 spiro atoms. The fourth-order valence-electron chi connectivity index (χ4n) is 3.58. The first-order valence-electron chi connectivity index (χ1n) is 8.93. The van der Waals surface area contributed by atoms with Crippen LogP contribution in [-0.4, -0.2) is 72.3 Å². The maximum Gasteiger partial charge on any atom is 0.406 e. The molecule has 1 aromatic rings. The minimum Gasteiger partial charge on any atom is -0.450 e. The molecule has 3 rings (SSSR count). The maximum absolute atomic E-state index is 11.1. The molecule has 0 aliphatic carbocycles. The van der Waals surface area contributed by atoms with Gasteiger partial charge in [-0.3, -0.25) is 4.90 Å². The standard InChI is InChI=1S/C18H26ClN5O2/c1-14-11-22(6-3-9-26-18(25)20-2)13-24-8-7-23(17(14)24)12-15-4-5-16(19)21-10-15/h4-5,10H,3,6-9,11-13H2,1-2H3,(H,20,25). The zero-order valence-corrected chi connectivity index (χ0v) is 16.1. The first-order chi connectivity index (χ1) is 12.6. The van der Waals surface area contributed by atoms with Crippen molar-refractivity contribution in [3.63, 3.8) is 0 Å². The quantitative estimate of drug-likeness (QED) is 0.603. The van der Waals surface area contributed by atoms with E-state index in [0.29, 0.717) is 11.8 Å². The lowest BCUT2D eigenvalue weighted by Gasteiger charge is -2.37. The van der Waals surface area contributed by atoms with Crippen LogP contribution in [-0.2, 0) is 11.3 Å². The van der Waals surface area contributed by atoms with Crippen LogP contribution in [0.1, 0.15) is 18.9 Å². The number of hydrogen-bond donors (Lipinski definition) is 1. The molecule has 26 heavy (non-hydrogen) atoms. The van der Waals surface area contributed by atoms with Crippen molar-refractivity contribution in [2.45, 2.75) is 19.9 Å². The van der Waals surface area contributed by atoms with Gasteiger partial charge in [0, 0.05) is 46.0 Å². The number of nitrogens with zero attached hydrogens (tertiary/aromatic N) is 4. The van der Waals surface area contributed by atoms with Crippen LogP contribution in [0.3, 0.4) is 0 Å². The number of pyridine rings is 1. The zero-order valence-electron chi connectivity index (χ0n) is 15.4. The Balaban J connectivity index is 1.54. The van der Waals surface area contributed by atoms with Gasteiger partial charge in [0.15, 0.2) is 0 Å². The van der Waals surface area contributed by atoms with Gasteiger partial charge >= 0.3 is 6.09 Å². The van der Waals surface area contributed by atoms with Gasteiger partial charge in [-0.15, -0.1) is 0 Å². The number of rotatable bonds is 6. The molecule has 1 aromatic heterocycles. The third kappa shape index (κ3) is 4.59. The Kier molecular flexibility index (Phi) is 6.21. The van der Waals surface area contributed by atoms with Gasteiger partial charge in [0.2, 0.25) is 0 Å². The van der Waals surface area contributed by atoms with Crippen molar-refractivity contribution in [2.24, 2.45) is 0 Å². The fraction of sp³-hybridized carbons (Fsp3) is 0.556. The second-order valence-corrected chi connectivity index (χ2v) is 7.10. The summed E-state index contributed by atoms with van der Waals surface area (Å²) in [4.78, 5) is 22.5. The predicted octanol–water partition coefficient (Wildman–Crippen LogP) is 2.10. The topological polar surface area (TPSA) is 60.9 Å². The highest BCUT2D eigenvalue weighted by Gasteiger charge is 2.31. The normalized spacial score (nSPS) is 17.5. The molecule has 0 atom stereocenters. The number of halogens is 1. The van der Waals surface area contributed by atoms with Gasteiger partial charge in [-0.2, -0.15) is 0 Å². The summed E-state index contributed by atoms with van der Waals surface area (Å²) in [5.74, 6) is 1.35. The van der Waals surface area contributed by atoms with Crippen LogP contribution in [0.2, 0.25) is 5.15 Å². The smallest absolute Gasteiger partial charge is 0.406 e. The van der Waals surface area contributed by atoms with Crippen LogP contribution in [0.25, 0.3) is 0 Å². The van der Waals surface area contributed by atoms with E-state index in [-0.39, 0.29) is 6.09 Å². The molecule has 3 heterocycles. The lowest BCUT2D eigenvalue weighted by molar-refractivity contribution is 0.122. The second-order valence-electron chi connectivity index (χ2n) is 6.71. The van der Waals surface area contributed by atoms with E-state index in [9.17, 15) is 4.79 Å². The van der Waals surface area contributed by atoms with Crippen LogP contribution in [0.4, 0.5) is 4.79 Å². The number of ether oxygens (including phenoxy) is 1. The summed E-state index contributed by atoms with van der Waals surface area (Å²) in [5.41, 5.74) is 2.55. The molecule has 0 saturated carbocycles. The zero-order chi connectivity index (χ0) is 18.5. The van der Waals surface area contributed by atoms with Crippen LogP contribution in [0.15, 0.2) is 29.7 Å². The first-order valence-corrected chi connectivity index (χ1v) is 9.31. The van der Waals surface area contributed by atoms with Crippen LogP contribution in [0.5, 0.6) is 0 Å². The summed E-state index contributed by atoms with van der Waals surface area (Å²) in [7, 11) is 1.57. The molecule has 2 aliphatic rings. The van der Waals surface area contributed by atoms with Gasteiger partial charge in [-0.25, -0.2) is 9.78 Å². The molecule has 1 amide bonds. The first kappa shape index (κ1) is 18.8. The molecule has 2 aliphatic heterocycles. The Morgan fingerprint density at radius 1 is 1.38 bits per heavy atom. The highest BCUT2D eigenvalue weighted by Crippen LogP contribution is 2.28. The number of carbonyl (C=O) groups is 1. The van der Waals surface area contributed by atoms with E-state index in [2.05, 4.69) is 31.9 Å². The van der Waals surface area contributed by atoms with E-state index >= 15 is 0 Å². The molecule has 7 nitrogen and oxygen atoms in total. The third-order valence-electron chi connectivity index (χ3n) is 4.67. The predicted molar refractivity (Wildman–Crippen MR) is 101 cm³/mol. The van der Waals surface area contributed by atoms with Gasteiger partial charge in [0.05, 0.1) is 13.3 Å². The van der Waals surface area contributed by atoms with Gasteiger partial charge in [-0.05, 0) is 30.5 Å². The Labute approximate surface area is 159 Å². The van der Waals surface area contributed by atoms with Crippen molar-refractivity contribution in [1.29, 1.82) is 0 Å². The van der Waals surface area contributed by atoms with Gasteiger partial charge in [-0.1, -0.05) is 17.7 Å². The van der Waals surface area contributed by atoms with E-state index in [1.807, 2.05) is 18.3 Å². The Hall–Kier alpha value is -1.99. The summed E-state index contributed by atoms with van der Waals surface area (Å²) in [6.45, 7) is 8.33. The van der Waals surface area contributed by atoms with Gasteiger partial charge in [0.1, 0.15) is 11.0 Å². The van der Waals surface area contributed by atoms with E-state index in [1.165, 1.54) is 17.0 Å². The Morgan fingerprint density at radius 2 is 2.23 bits per heavy atom.